The molecule has 0 aromatic heterocycles. The van der Waals surface area contributed by atoms with E-state index >= 15 is 0 Å². The lowest BCUT2D eigenvalue weighted by Crippen LogP contribution is -2.01. The molecule has 4 heteroatoms. The summed E-state index contributed by atoms with van der Waals surface area (Å²) in [5, 5.41) is -1.46. The van der Waals surface area contributed by atoms with Gasteiger partial charge in [-0.05, 0) is 30.2 Å². The third-order valence-electron chi connectivity index (χ3n) is 1.86. The van der Waals surface area contributed by atoms with Gasteiger partial charge in [-0.2, -0.15) is 0 Å². The van der Waals surface area contributed by atoms with Gasteiger partial charge in [0.15, 0.2) is 0 Å². The number of hydrogen-bond acceptors (Lipinski definition) is 2. The van der Waals surface area contributed by atoms with Crippen LogP contribution in [0, 0.1) is 6.92 Å². The van der Waals surface area contributed by atoms with Crippen molar-refractivity contribution in [3.8, 4) is 5.75 Å². The molecule has 0 aliphatic rings. The quantitative estimate of drug-likeness (QED) is 0.592. The average molecular weight is 233 g/mol. The van der Waals surface area contributed by atoms with Crippen molar-refractivity contribution in [3.63, 3.8) is 0 Å². The minimum atomic E-state index is -0.854. The molecule has 2 nitrogen and oxygen atoms in total. The Kier molecular flexibility index (Phi) is 3.78. The van der Waals surface area contributed by atoms with Crippen molar-refractivity contribution in [3.05, 3.63) is 29.3 Å². The molecule has 0 radical (unpaired) electrons. The van der Waals surface area contributed by atoms with Crippen molar-refractivity contribution in [1.29, 1.82) is 0 Å². The van der Waals surface area contributed by atoms with Gasteiger partial charge in [-0.1, -0.05) is 12.1 Å². The molecule has 0 heterocycles. The van der Waals surface area contributed by atoms with E-state index in [0.29, 0.717) is 11.3 Å². The Morgan fingerprint density at radius 2 is 2.14 bits per heavy atom. The number of rotatable bonds is 3. The van der Waals surface area contributed by atoms with Gasteiger partial charge in [0.05, 0.1) is 7.11 Å². The smallest absolute Gasteiger partial charge is 0.244 e. The molecule has 14 heavy (non-hydrogen) atoms. The van der Waals surface area contributed by atoms with Crippen molar-refractivity contribution >= 4 is 28.4 Å². The molecule has 0 saturated heterocycles. The van der Waals surface area contributed by atoms with Gasteiger partial charge < -0.3 is 4.74 Å². The lowest BCUT2D eigenvalue weighted by molar-refractivity contribution is -0.111. The maximum atomic E-state index is 10.9. The summed E-state index contributed by atoms with van der Waals surface area (Å²) in [7, 11) is 1.53. The van der Waals surface area contributed by atoms with Crippen molar-refractivity contribution in [2.45, 2.75) is 12.3 Å². The topological polar surface area (TPSA) is 26.3 Å². The van der Waals surface area contributed by atoms with Crippen LogP contribution in [0.5, 0.6) is 5.75 Å². The Labute approximate surface area is 92.8 Å². The zero-order valence-electron chi connectivity index (χ0n) is 7.88. The van der Waals surface area contributed by atoms with Gasteiger partial charge in [0, 0.05) is 5.56 Å². The number of carbonyl (C=O) groups is 1. The van der Waals surface area contributed by atoms with E-state index in [4.69, 9.17) is 27.9 Å². The number of methoxy groups -OCH3 is 1. The summed E-state index contributed by atoms with van der Waals surface area (Å²) in [4.78, 5) is 10.9. The highest BCUT2D eigenvalue weighted by atomic mass is 35.5. The van der Waals surface area contributed by atoms with Crippen LogP contribution in [0.1, 0.15) is 16.5 Å². The summed E-state index contributed by atoms with van der Waals surface area (Å²) in [5.74, 6) is 0.582. The van der Waals surface area contributed by atoms with Gasteiger partial charge in [-0.3, -0.25) is 4.79 Å². The second kappa shape index (κ2) is 4.67. The first kappa shape index (κ1) is 11.3. The molecule has 0 aliphatic carbocycles. The zero-order chi connectivity index (χ0) is 10.7. The van der Waals surface area contributed by atoms with E-state index < -0.39 is 10.6 Å². The molecule has 76 valence electrons. The molecule has 0 amide bonds. The molecule has 0 bridgehead atoms. The highest BCUT2D eigenvalue weighted by molar-refractivity contribution is 6.68. The third kappa shape index (κ3) is 2.40. The van der Waals surface area contributed by atoms with Gasteiger partial charge in [0.1, 0.15) is 11.1 Å². The molecule has 0 spiro atoms. The molecule has 1 atom stereocenters. The molecule has 1 rings (SSSR count). The van der Waals surface area contributed by atoms with Crippen molar-refractivity contribution in [2.24, 2.45) is 0 Å². The summed E-state index contributed by atoms with van der Waals surface area (Å²) >= 11 is 11.1. The number of halogens is 2. The molecular weight excluding hydrogens is 223 g/mol. The minimum absolute atomic E-state index is 0.582. The number of hydrogen-bond donors (Lipinski definition) is 0. The second-order valence-electron chi connectivity index (χ2n) is 2.91. The lowest BCUT2D eigenvalue weighted by atomic mass is 10.1. The Morgan fingerprint density at radius 1 is 1.50 bits per heavy atom. The fourth-order valence-electron chi connectivity index (χ4n) is 1.15. The second-order valence-corrected chi connectivity index (χ2v) is 3.72. The van der Waals surface area contributed by atoms with Crippen LogP contribution in [-0.4, -0.2) is 12.4 Å². The first-order chi connectivity index (χ1) is 6.56. The van der Waals surface area contributed by atoms with Gasteiger partial charge in [-0.15, -0.1) is 11.6 Å². The third-order valence-corrected chi connectivity index (χ3v) is 2.62. The van der Waals surface area contributed by atoms with Crippen LogP contribution >= 0.6 is 23.2 Å². The van der Waals surface area contributed by atoms with Crippen LogP contribution in [0.4, 0.5) is 0 Å². The maximum Gasteiger partial charge on any atom is 0.244 e. The fraction of sp³-hybridized carbons (Fsp3) is 0.300. The number of aryl methyl sites for hydroxylation is 1. The molecule has 0 aliphatic heterocycles. The van der Waals surface area contributed by atoms with Gasteiger partial charge >= 0.3 is 0 Å². The Balaban J connectivity index is 3.13. The predicted octanol–water partition coefficient (Wildman–Crippen LogP) is 3.05. The van der Waals surface area contributed by atoms with Crippen molar-refractivity contribution in [1.82, 2.24) is 0 Å². The molecule has 1 aromatic carbocycles. The number of ether oxygens (including phenoxy) is 1. The number of benzene rings is 1. The van der Waals surface area contributed by atoms with Crippen LogP contribution < -0.4 is 4.74 Å². The predicted molar refractivity (Wildman–Crippen MR) is 57.2 cm³/mol. The SMILES string of the molecule is COc1cc(C)ccc1C(Cl)C(=O)Cl. The monoisotopic (exact) mass is 232 g/mol. The average Bonchev–Trinajstić information content (AvgIpc) is 2.16. The highest BCUT2D eigenvalue weighted by Crippen LogP contribution is 2.31. The van der Waals surface area contributed by atoms with E-state index in [1.54, 1.807) is 6.07 Å². The van der Waals surface area contributed by atoms with E-state index in [1.807, 2.05) is 19.1 Å². The summed E-state index contributed by atoms with van der Waals surface area (Å²) in [6.07, 6.45) is 0. The van der Waals surface area contributed by atoms with Crippen molar-refractivity contribution < 1.29 is 9.53 Å². The number of carbonyl (C=O) groups excluding carboxylic acids is 1. The molecule has 1 unspecified atom stereocenters. The first-order valence-electron chi connectivity index (χ1n) is 4.04. The fourth-order valence-corrected chi connectivity index (χ4v) is 1.45. The summed E-state index contributed by atoms with van der Waals surface area (Å²) in [5.41, 5.74) is 1.64. The molecular formula is C10H10Cl2O2. The molecule has 0 fully saturated rings. The van der Waals surface area contributed by atoms with E-state index in [2.05, 4.69) is 0 Å². The van der Waals surface area contributed by atoms with E-state index in [-0.39, 0.29) is 0 Å². The van der Waals surface area contributed by atoms with Crippen molar-refractivity contribution in [2.75, 3.05) is 7.11 Å². The van der Waals surface area contributed by atoms with Crippen LogP contribution in [0.15, 0.2) is 18.2 Å². The van der Waals surface area contributed by atoms with E-state index in [1.165, 1.54) is 7.11 Å². The number of alkyl halides is 1. The van der Waals surface area contributed by atoms with Crippen LogP contribution in [0.25, 0.3) is 0 Å². The largest absolute Gasteiger partial charge is 0.496 e. The van der Waals surface area contributed by atoms with E-state index in [0.717, 1.165) is 5.56 Å². The minimum Gasteiger partial charge on any atom is -0.496 e. The van der Waals surface area contributed by atoms with Crippen LogP contribution in [0.2, 0.25) is 0 Å². The van der Waals surface area contributed by atoms with Crippen LogP contribution in [0.3, 0.4) is 0 Å². The Bertz CT molecular complexity index is 350. The zero-order valence-corrected chi connectivity index (χ0v) is 9.39. The van der Waals surface area contributed by atoms with Crippen LogP contribution in [-0.2, 0) is 4.79 Å². The molecule has 1 aromatic rings. The summed E-state index contributed by atoms with van der Waals surface area (Å²) < 4.78 is 5.10. The van der Waals surface area contributed by atoms with Gasteiger partial charge in [0.2, 0.25) is 5.24 Å². The summed E-state index contributed by atoms with van der Waals surface area (Å²) in [6.45, 7) is 1.93. The Morgan fingerprint density at radius 3 is 2.64 bits per heavy atom. The first-order valence-corrected chi connectivity index (χ1v) is 4.85. The van der Waals surface area contributed by atoms with E-state index in [9.17, 15) is 4.79 Å². The maximum absolute atomic E-state index is 10.9. The molecule has 0 N–H and O–H groups in total. The highest BCUT2D eigenvalue weighted by Gasteiger charge is 2.19. The van der Waals surface area contributed by atoms with Gasteiger partial charge in [0.25, 0.3) is 0 Å². The molecule has 0 saturated carbocycles. The lowest BCUT2D eigenvalue weighted by Gasteiger charge is -2.11. The standard InChI is InChI=1S/C10H10Cl2O2/c1-6-3-4-7(8(5-6)14-2)9(11)10(12)13/h3-5,9H,1-2H3. The van der Waals surface area contributed by atoms with Gasteiger partial charge in [-0.25, -0.2) is 0 Å². The Hall–Kier alpha value is -0.730. The summed E-state index contributed by atoms with van der Waals surface area (Å²) in [6, 6.07) is 5.41. The normalized spacial score (nSPS) is 12.3.